The van der Waals surface area contributed by atoms with E-state index in [-0.39, 0.29) is 18.4 Å². The molecule has 10 heteroatoms. The standard InChI is InChI=1S/C15H21N7O2S/c1-10-18-15(20-19-10)25-9-13(24)21-5-2-3-11(7-21)14-17-4-6-22(14)8-12(16)23/h4,6,11H,2-3,5,7-9H2,1H3,(H2,16,23)(H,18,19,20)/t11-/m1/s1. The van der Waals surface area contributed by atoms with Crippen molar-refractivity contribution in [1.82, 2.24) is 29.6 Å². The molecule has 2 amide bonds. The number of aromatic nitrogens is 5. The number of aromatic amines is 1. The minimum Gasteiger partial charge on any atom is -0.368 e. The molecule has 1 fully saturated rings. The molecule has 0 saturated carbocycles. The number of rotatable bonds is 6. The van der Waals surface area contributed by atoms with E-state index in [4.69, 9.17) is 5.73 Å². The van der Waals surface area contributed by atoms with E-state index in [0.717, 1.165) is 31.0 Å². The van der Waals surface area contributed by atoms with E-state index in [2.05, 4.69) is 20.2 Å². The third kappa shape index (κ3) is 4.38. The Kier molecular flexibility index (Phi) is 5.37. The van der Waals surface area contributed by atoms with Crippen LogP contribution in [0.4, 0.5) is 0 Å². The molecule has 2 aromatic heterocycles. The number of H-pyrrole nitrogens is 1. The number of nitrogens with one attached hydrogen (secondary N) is 1. The molecule has 0 radical (unpaired) electrons. The summed E-state index contributed by atoms with van der Waals surface area (Å²) in [6, 6.07) is 0. The minimum absolute atomic E-state index is 0.0603. The molecule has 1 atom stereocenters. The van der Waals surface area contributed by atoms with Gasteiger partial charge < -0.3 is 15.2 Å². The lowest BCUT2D eigenvalue weighted by atomic mass is 9.97. The Bertz CT molecular complexity index is 757. The van der Waals surface area contributed by atoms with Gasteiger partial charge in [-0.25, -0.2) is 9.97 Å². The summed E-state index contributed by atoms with van der Waals surface area (Å²) in [6.07, 6.45) is 5.26. The number of amides is 2. The first kappa shape index (κ1) is 17.5. The largest absolute Gasteiger partial charge is 0.368 e. The molecule has 9 nitrogen and oxygen atoms in total. The third-order valence-corrected chi connectivity index (χ3v) is 4.95. The molecule has 1 saturated heterocycles. The molecule has 3 N–H and O–H groups in total. The monoisotopic (exact) mass is 363 g/mol. The Morgan fingerprint density at radius 1 is 1.48 bits per heavy atom. The lowest BCUT2D eigenvalue weighted by Crippen LogP contribution is -2.40. The number of primary amides is 1. The van der Waals surface area contributed by atoms with Crippen LogP contribution in [0.25, 0.3) is 0 Å². The van der Waals surface area contributed by atoms with Gasteiger partial charge in [0.25, 0.3) is 0 Å². The number of aryl methyl sites for hydroxylation is 1. The molecule has 1 aliphatic heterocycles. The lowest BCUT2D eigenvalue weighted by molar-refractivity contribution is -0.129. The molecule has 0 aromatic carbocycles. The zero-order chi connectivity index (χ0) is 17.8. The smallest absolute Gasteiger partial charge is 0.237 e. The number of likely N-dealkylation sites (tertiary alicyclic amines) is 1. The quantitative estimate of drug-likeness (QED) is 0.711. The molecule has 134 valence electrons. The highest BCUT2D eigenvalue weighted by molar-refractivity contribution is 7.99. The van der Waals surface area contributed by atoms with Gasteiger partial charge in [-0.05, 0) is 19.8 Å². The molecule has 3 rings (SSSR count). The van der Waals surface area contributed by atoms with Gasteiger partial charge in [0.2, 0.25) is 17.0 Å². The predicted molar refractivity (Wildman–Crippen MR) is 91.8 cm³/mol. The normalized spacial score (nSPS) is 17.6. The number of thioether (sulfide) groups is 1. The average Bonchev–Trinajstić information content (AvgIpc) is 3.21. The Hall–Kier alpha value is -2.36. The van der Waals surface area contributed by atoms with Crippen molar-refractivity contribution in [2.45, 2.75) is 37.4 Å². The van der Waals surface area contributed by atoms with Crippen molar-refractivity contribution >= 4 is 23.6 Å². The van der Waals surface area contributed by atoms with Crippen molar-refractivity contribution in [2.24, 2.45) is 5.73 Å². The highest BCUT2D eigenvalue weighted by atomic mass is 32.2. The highest BCUT2D eigenvalue weighted by Crippen LogP contribution is 2.26. The maximum absolute atomic E-state index is 12.5. The van der Waals surface area contributed by atoms with Crippen molar-refractivity contribution in [3.63, 3.8) is 0 Å². The van der Waals surface area contributed by atoms with Crippen molar-refractivity contribution in [1.29, 1.82) is 0 Å². The first-order chi connectivity index (χ1) is 12.0. The van der Waals surface area contributed by atoms with Crippen molar-refractivity contribution in [3.8, 4) is 0 Å². The van der Waals surface area contributed by atoms with Gasteiger partial charge in [-0.1, -0.05) is 11.8 Å². The van der Waals surface area contributed by atoms with Crippen LogP contribution < -0.4 is 5.73 Å². The zero-order valence-electron chi connectivity index (χ0n) is 14.0. The minimum atomic E-state index is -0.402. The van der Waals surface area contributed by atoms with Gasteiger partial charge in [0.1, 0.15) is 18.2 Å². The second-order valence-electron chi connectivity index (χ2n) is 6.05. The van der Waals surface area contributed by atoms with E-state index < -0.39 is 5.91 Å². The summed E-state index contributed by atoms with van der Waals surface area (Å²) < 4.78 is 1.77. The third-order valence-electron chi connectivity index (χ3n) is 4.11. The summed E-state index contributed by atoms with van der Waals surface area (Å²) in [4.78, 5) is 34.1. The van der Waals surface area contributed by atoms with E-state index in [1.807, 2.05) is 11.8 Å². The summed E-state index contributed by atoms with van der Waals surface area (Å²) in [5.74, 6) is 1.62. The average molecular weight is 363 g/mol. The number of hydrogen-bond acceptors (Lipinski definition) is 6. The second-order valence-corrected chi connectivity index (χ2v) is 6.99. The molecule has 0 aliphatic carbocycles. The Balaban J connectivity index is 1.60. The van der Waals surface area contributed by atoms with Gasteiger partial charge in [0, 0.05) is 31.4 Å². The predicted octanol–water partition coefficient (Wildman–Crippen LogP) is 0.293. The molecule has 1 aliphatic rings. The van der Waals surface area contributed by atoms with Crippen LogP contribution in [0.15, 0.2) is 17.6 Å². The number of hydrogen-bond donors (Lipinski definition) is 2. The lowest BCUT2D eigenvalue weighted by Gasteiger charge is -2.32. The number of piperidine rings is 1. The molecule has 0 bridgehead atoms. The van der Waals surface area contributed by atoms with Gasteiger partial charge in [-0.2, -0.15) is 0 Å². The summed E-state index contributed by atoms with van der Waals surface area (Å²) in [5, 5.41) is 7.37. The fourth-order valence-corrected chi connectivity index (χ4v) is 3.75. The Morgan fingerprint density at radius 2 is 2.32 bits per heavy atom. The highest BCUT2D eigenvalue weighted by Gasteiger charge is 2.27. The van der Waals surface area contributed by atoms with Crippen LogP contribution in [0.1, 0.15) is 30.4 Å². The summed E-state index contributed by atoms with van der Waals surface area (Å²) in [6.45, 7) is 3.27. The van der Waals surface area contributed by atoms with Gasteiger partial charge in [0.15, 0.2) is 0 Å². The van der Waals surface area contributed by atoms with Crippen molar-refractivity contribution in [2.75, 3.05) is 18.8 Å². The van der Waals surface area contributed by atoms with Crippen LogP contribution in [0, 0.1) is 6.92 Å². The van der Waals surface area contributed by atoms with E-state index in [9.17, 15) is 9.59 Å². The molecule has 0 unspecified atom stereocenters. The number of nitrogens with two attached hydrogens (primary N) is 1. The maximum Gasteiger partial charge on any atom is 0.237 e. The van der Waals surface area contributed by atoms with Gasteiger partial charge >= 0.3 is 0 Å². The molecule has 25 heavy (non-hydrogen) atoms. The molecule has 2 aromatic rings. The topological polar surface area (TPSA) is 123 Å². The van der Waals surface area contributed by atoms with Crippen LogP contribution in [0.5, 0.6) is 0 Å². The van der Waals surface area contributed by atoms with Gasteiger partial charge in [-0.3, -0.25) is 14.7 Å². The zero-order valence-corrected chi connectivity index (χ0v) is 14.8. The number of nitrogens with zero attached hydrogens (tertiary/aromatic N) is 5. The van der Waals surface area contributed by atoms with Crippen LogP contribution in [-0.2, 0) is 16.1 Å². The SMILES string of the molecule is Cc1nc(SCC(=O)N2CCC[C@@H](c3nccn3CC(N)=O)C2)n[nH]1. The first-order valence-corrected chi connectivity index (χ1v) is 9.10. The summed E-state index contributed by atoms with van der Waals surface area (Å²) >= 11 is 1.33. The van der Waals surface area contributed by atoms with E-state index in [1.165, 1.54) is 11.8 Å². The van der Waals surface area contributed by atoms with Gasteiger partial charge in [-0.15, -0.1) is 5.10 Å². The van der Waals surface area contributed by atoms with Crippen molar-refractivity contribution in [3.05, 3.63) is 24.0 Å². The Labute approximate surface area is 149 Å². The van der Waals surface area contributed by atoms with E-state index >= 15 is 0 Å². The second kappa shape index (κ2) is 7.68. The fourth-order valence-electron chi connectivity index (χ4n) is 3.00. The Morgan fingerprint density at radius 3 is 3.04 bits per heavy atom. The molecular formula is C15H21N7O2S. The summed E-state index contributed by atoms with van der Waals surface area (Å²) in [7, 11) is 0. The maximum atomic E-state index is 12.5. The van der Waals surface area contributed by atoms with E-state index in [1.54, 1.807) is 17.0 Å². The fraction of sp³-hybridized carbons (Fsp3) is 0.533. The molecule has 3 heterocycles. The number of carbonyl (C=O) groups excluding carboxylic acids is 2. The van der Waals surface area contributed by atoms with Crippen LogP contribution in [-0.4, -0.2) is 60.3 Å². The van der Waals surface area contributed by atoms with E-state index in [0.29, 0.717) is 17.5 Å². The molecule has 0 spiro atoms. The van der Waals surface area contributed by atoms with Crippen molar-refractivity contribution < 1.29 is 9.59 Å². The van der Waals surface area contributed by atoms with Crippen LogP contribution in [0.2, 0.25) is 0 Å². The molecular weight excluding hydrogens is 342 g/mol. The van der Waals surface area contributed by atoms with Gasteiger partial charge in [0.05, 0.1) is 5.75 Å². The number of carbonyl (C=O) groups is 2. The van der Waals surface area contributed by atoms with Crippen LogP contribution >= 0.6 is 11.8 Å². The first-order valence-electron chi connectivity index (χ1n) is 8.12. The summed E-state index contributed by atoms with van der Waals surface area (Å²) in [5.41, 5.74) is 5.28. The number of imidazole rings is 1. The van der Waals surface area contributed by atoms with Crippen LogP contribution in [0.3, 0.4) is 0 Å².